The fraction of sp³-hybridized carbons (Fsp3) is 0.462. The third-order valence-corrected chi connectivity index (χ3v) is 5.95. The number of carbonyl (C=O) groups excluding carboxylic acids is 2. The van der Waals surface area contributed by atoms with E-state index in [0.29, 0.717) is 18.8 Å². The highest BCUT2D eigenvalue weighted by Gasteiger charge is 2.33. The zero-order valence-electron chi connectivity index (χ0n) is 19.6. The van der Waals surface area contributed by atoms with Gasteiger partial charge in [-0.15, -0.1) is 0 Å². The van der Waals surface area contributed by atoms with Crippen LogP contribution in [0.15, 0.2) is 54.6 Å². The minimum atomic E-state index is -0.653. The summed E-state index contributed by atoms with van der Waals surface area (Å²) in [6.07, 6.45) is 1.09. The van der Waals surface area contributed by atoms with E-state index in [4.69, 9.17) is 4.74 Å². The van der Waals surface area contributed by atoms with Crippen LogP contribution in [0.25, 0.3) is 0 Å². The molecule has 2 amide bonds. The van der Waals surface area contributed by atoms with E-state index in [2.05, 4.69) is 19.2 Å². The highest BCUT2D eigenvalue weighted by atomic mass is 16.5. The SMILES string of the molecule is CCC(CC)NC(=O)C1CN(CC(=O)N(Cc2ccccc2)C(C)C)c2ccccc2O1. The summed E-state index contributed by atoms with van der Waals surface area (Å²) in [6, 6.07) is 17.8. The number of anilines is 1. The second kappa shape index (κ2) is 11.0. The van der Waals surface area contributed by atoms with Crippen molar-refractivity contribution < 1.29 is 14.3 Å². The summed E-state index contributed by atoms with van der Waals surface area (Å²) < 4.78 is 6.02. The lowest BCUT2D eigenvalue weighted by atomic mass is 10.1. The molecule has 0 aromatic heterocycles. The molecule has 0 radical (unpaired) electrons. The molecule has 6 heteroatoms. The lowest BCUT2D eigenvalue weighted by Gasteiger charge is -2.37. The molecule has 2 aromatic rings. The topological polar surface area (TPSA) is 61.9 Å². The Bertz CT molecular complexity index is 896. The van der Waals surface area contributed by atoms with Crippen molar-refractivity contribution in [2.75, 3.05) is 18.0 Å². The van der Waals surface area contributed by atoms with Crippen molar-refractivity contribution in [1.29, 1.82) is 0 Å². The summed E-state index contributed by atoms with van der Waals surface area (Å²) in [7, 11) is 0. The number of nitrogens with one attached hydrogen (secondary N) is 1. The van der Waals surface area contributed by atoms with Gasteiger partial charge >= 0.3 is 0 Å². The predicted octanol–water partition coefficient (Wildman–Crippen LogP) is 4.00. The Hall–Kier alpha value is -3.02. The average molecular weight is 438 g/mol. The van der Waals surface area contributed by atoms with E-state index < -0.39 is 6.10 Å². The largest absolute Gasteiger partial charge is 0.477 e. The van der Waals surface area contributed by atoms with Crippen molar-refractivity contribution in [2.24, 2.45) is 0 Å². The third-order valence-electron chi connectivity index (χ3n) is 5.95. The molecule has 1 heterocycles. The molecule has 0 saturated carbocycles. The van der Waals surface area contributed by atoms with Gasteiger partial charge in [0.1, 0.15) is 5.75 Å². The molecule has 6 nitrogen and oxygen atoms in total. The Morgan fingerprint density at radius 2 is 1.72 bits per heavy atom. The first-order valence-electron chi connectivity index (χ1n) is 11.6. The smallest absolute Gasteiger partial charge is 0.263 e. The molecule has 1 unspecified atom stereocenters. The maximum atomic E-state index is 13.4. The van der Waals surface area contributed by atoms with Crippen molar-refractivity contribution in [1.82, 2.24) is 10.2 Å². The van der Waals surface area contributed by atoms with Gasteiger partial charge in [0.05, 0.1) is 18.8 Å². The van der Waals surface area contributed by atoms with E-state index in [1.807, 2.05) is 78.2 Å². The molecule has 0 bridgehead atoms. The van der Waals surface area contributed by atoms with E-state index in [9.17, 15) is 9.59 Å². The molecular formula is C26H35N3O3. The van der Waals surface area contributed by atoms with Crippen LogP contribution < -0.4 is 15.0 Å². The fourth-order valence-electron chi connectivity index (χ4n) is 3.97. The van der Waals surface area contributed by atoms with Crippen molar-refractivity contribution >= 4 is 17.5 Å². The number of fused-ring (bicyclic) bond motifs is 1. The molecular weight excluding hydrogens is 402 g/mol. The Labute approximate surface area is 191 Å². The first-order valence-corrected chi connectivity index (χ1v) is 11.6. The molecule has 1 aliphatic heterocycles. The van der Waals surface area contributed by atoms with Gasteiger partial charge in [0, 0.05) is 18.6 Å². The fourth-order valence-corrected chi connectivity index (χ4v) is 3.97. The summed E-state index contributed by atoms with van der Waals surface area (Å²) >= 11 is 0. The highest BCUT2D eigenvalue weighted by Crippen LogP contribution is 2.33. The summed E-state index contributed by atoms with van der Waals surface area (Å²) in [4.78, 5) is 30.1. The molecule has 32 heavy (non-hydrogen) atoms. The monoisotopic (exact) mass is 437 g/mol. The van der Waals surface area contributed by atoms with E-state index in [-0.39, 0.29) is 30.4 Å². The van der Waals surface area contributed by atoms with Crippen molar-refractivity contribution in [3.05, 3.63) is 60.2 Å². The van der Waals surface area contributed by atoms with Gasteiger partial charge in [-0.05, 0) is 44.4 Å². The Balaban J connectivity index is 1.77. The number of nitrogens with zero attached hydrogens (tertiary/aromatic N) is 2. The first kappa shape index (κ1) is 23.6. The molecule has 3 rings (SSSR count). The van der Waals surface area contributed by atoms with E-state index in [1.165, 1.54) is 0 Å². The van der Waals surface area contributed by atoms with Crippen LogP contribution in [-0.2, 0) is 16.1 Å². The number of carbonyl (C=O) groups is 2. The summed E-state index contributed by atoms with van der Waals surface area (Å²) in [5.41, 5.74) is 1.94. The number of rotatable bonds is 9. The van der Waals surface area contributed by atoms with E-state index >= 15 is 0 Å². The number of ether oxygens (including phenoxy) is 1. The quantitative estimate of drug-likeness (QED) is 0.644. The van der Waals surface area contributed by atoms with Gasteiger partial charge in [-0.2, -0.15) is 0 Å². The Kier molecular flexibility index (Phi) is 8.14. The van der Waals surface area contributed by atoms with Crippen LogP contribution in [0.2, 0.25) is 0 Å². The Morgan fingerprint density at radius 3 is 2.38 bits per heavy atom. The van der Waals surface area contributed by atoms with Gasteiger partial charge in [0.25, 0.3) is 5.91 Å². The third kappa shape index (κ3) is 5.81. The summed E-state index contributed by atoms with van der Waals surface area (Å²) in [5, 5.41) is 3.08. The minimum Gasteiger partial charge on any atom is -0.477 e. The maximum absolute atomic E-state index is 13.4. The molecule has 0 saturated heterocycles. The van der Waals surface area contributed by atoms with Crippen molar-refractivity contribution in [2.45, 2.75) is 65.3 Å². The number of para-hydroxylation sites is 2. The van der Waals surface area contributed by atoms with Gasteiger partial charge in [-0.25, -0.2) is 0 Å². The van der Waals surface area contributed by atoms with Gasteiger partial charge < -0.3 is 19.9 Å². The van der Waals surface area contributed by atoms with Gasteiger partial charge in [-0.1, -0.05) is 56.3 Å². The molecule has 1 N–H and O–H groups in total. The number of benzene rings is 2. The van der Waals surface area contributed by atoms with Crippen LogP contribution in [0.3, 0.4) is 0 Å². The summed E-state index contributed by atoms with van der Waals surface area (Å²) in [6.45, 7) is 9.27. The second-order valence-corrected chi connectivity index (χ2v) is 8.58. The Morgan fingerprint density at radius 1 is 1.06 bits per heavy atom. The predicted molar refractivity (Wildman–Crippen MR) is 128 cm³/mol. The van der Waals surface area contributed by atoms with Gasteiger partial charge in [0.2, 0.25) is 5.91 Å². The zero-order chi connectivity index (χ0) is 23.1. The first-order chi connectivity index (χ1) is 15.4. The lowest BCUT2D eigenvalue weighted by molar-refractivity contribution is -0.133. The van der Waals surface area contributed by atoms with E-state index in [1.54, 1.807) is 0 Å². The van der Waals surface area contributed by atoms with Crippen LogP contribution >= 0.6 is 0 Å². The molecule has 0 aliphatic carbocycles. The number of amides is 2. The van der Waals surface area contributed by atoms with Gasteiger partial charge in [0.15, 0.2) is 6.10 Å². The van der Waals surface area contributed by atoms with Crippen molar-refractivity contribution in [3.63, 3.8) is 0 Å². The standard InChI is InChI=1S/C26H35N3O3/c1-5-21(6-2)27-26(31)24-17-28(22-14-10-11-15-23(22)32-24)18-25(30)29(19(3)4)16-20-12-8-7-9-13-20/h7-15,19,21,24H,5-6,16-18H2,1-4H3,(H,27,31). The second-order valence-electron chi connectivity index (χ2n) is 8.58. The van der Waals surface area contributed by atoms with Crippen LogP contribution in [0.1, 0.15) is 46.1 Å². The van der Waals surface area contributed by atoms with Gasteiger partial charge in [-0.3, -0.25) is 9.59 Å². The van der Waals surface area contributed by atoms with E-state index in [0.717, 1.165) is 24.1 Å². The van der Waals surface area contributed by atoms with Crippen LogP contribution in [-0.4, -0.2) is 48.0 Å². The van der Waals surface area contributed by atoms with Crippen LogP contribution in [0, 0.1) is 0 Å². The number of hydrogen-bond donors (Lipinski definition) is 1. The summed E-state index contributed by atoms with van der Waals surface area (Å²) in [5.74, 6) is 0.533. The molecule has 0 spiro atoms. The number of hydrogen-bond acceptors (Lipinski definition) is 4. The minimum absolute atomic E-state index is 0.0275. The van der Waals surface area contributed by atoms with Crippen LogP contribution in [0.5, 0.6) is 5.75 Å². The molecule has 172 valence electrons. The average Bonchev–Trinajstić information content (AvgIpc) is 2.81. The lowest BCUT2D eigenvalue weighted by Crippen LogP contribution is -2.53. The molecule has 1 aliphatic rings. The molecule has 0 fully saturated rings. The van der Waals surface area contributed by atoms with Crippen molar-refractivity contribution in [3.8, 4) is 5.75 Å². The van der Waals surface area contributed by atoms with Crippen LogP contribution in [0.4, 0.5) is 5.69 Å². The molecule has 1 atom stereocenters. The normalized spacial score (nSPS) is 15.3. The molecule has 2 aromatic carbocycles. The maximum Gasteiger partial charge on any atom is 0.263 e. The zero-order valence-corrected chi connectivity index (χ0v) is 19.6. The highest BCUT2D eigenvalue weighted by molar-refractivity contribution is 5.86.